The fourth-order valence-corrected chi connectivity index (χ4v) is 1.81. The molecule has 7 nitrogen and oxygen atoms in total. The minimum atomic E-state index is -1.27. The Labute approximate surface area is 112 Å². The van der Waals surface area contributed by atoms with E-state index in [9.17, 15) is 14.4 Å². The summed E-state index contributed by atoms with van der Waals surface area (Å²) in [5, 5.41) is 11.3. The molecule has 0 aromatic carbocycles. The zero-order valence-electron chi connectivity index (χ0n) is 11.3. The van der Waals surface area contributed by atoms with Crippen molar-refractivity contribution in [2.24, 2.45) is 11.7 Å². The molecule has 0 radical (unpaired) electrons. The molecular formula is C12H21N3O4. The summed E-state index contributed by atoms with van der Waals surface area (Å²) in [4.78, 5) is 35.4. The maximum absolute atomic E-state index is 12.1. The molecule has 108 valence electrons. The van der Waals surface area contributed by atoms with Gasteiger partial charge in [-0.25, -0.2) is 9.59 Å². The molecule has 0 saturated heterocycles. The number of carbonyl (C=O) groups excluding carboxylic acids is 2. The Hall–Kier alpha value is -1.79. The number of hydrogen-bond acceptors (Lipinski definition) is 3. The first kappa shape index (κ1) is 15.3. The quantitative estimate of drug-likeness (QED) is 0.611. The lowest BCUT2D eigenvalue weighted by Crippen LogP contribution is -2.50. The fourth-order valence-electron chi connectivity index (χ4n) is 1.81. The van der Waals surface area contributed by atoms with Gasteiger partial charge in [-0.3, -0.25) is 4.79 Å². The lowest BCUT2D eigenvalue weighted by Gasteiger charge is -2.26. The molecule has 0 spiro atoms. The van der Waals surface area contributed by atoms with Gasteiger partial charge in [0.2, 0.25) is 5.91 Å². The number of urea groups is 1. The number of carboxylic acid groups (broad SMARTS) is 1. The molecule has 1 atom stereocenters. The molecule has 0 heterocycles. The predicted molar refractivity (Wildman–Crippen MR) is 68.3 cm³/mol. The van der Waals surface area contributed by atoms with Crippen LogP contribution in [0.15, 0.2) is 0 Å². The van der Waals surface area contributed by atoms with Crippen LogP contribution in [0, 0.1) is 5.92 Å². The van der Waals surface area contributed by atoms with Crippen molar-refractivity contribution >= 4 is 17.9 Å². The number of hydrogen-bond donors (Lipinski definition) is 3. The molecule has 0 unspecified atom stereocenters. The van der Waals surface area contributed by atoms with E-state index in [0.717, 1.165) is 12.8 Å². The number of nitrogens with zero attached hydrogens (tertiary/aromatic N) is 1. The van der Waals surface area contributed by atoms with E-state index in [-0.39, 0.29) is 6.04 Å². The van der Waals surface area contributed by atoms with Crippen LogP contribution < -0.4 is 11.1 Å². The summed E-state index contributed by atoms with van der Waals surface area (Å²) in [5.74, 6) is -1.72. The zero-order chi connectivity index (χ0) is 14.6. The largest absolute Gasteiger partial charge is 0.480 e. The number of amides is 3. The van der Waals surface area contributed by atoms with Crippen molar-refractivity contribution in [3.8, 4) is 0 Å². The summed E-state index contributed by atoms with van der Waals surface area (Å²) < 4.78 is 0. The second-order valence-electron chi connectivity index (χ2n) is 5.29. The topological polar surface area (TPSA) is 113 Å². The van der Waals surface area contributed by atoms with Crippen molar-refractivity contribution < 1.29 is 19.5 Å². The monoisotopic (exact) mass is 271 g/mol. The van der Waals surface area contributed by atoms with Gasteiger partial charge < -0.3 is 21.1 Å². The Balaban J connectivity index is 2.62. The third kappa shape index (κ3) is 5.15. The molecule has 4 N–H and O–H groups in total. The van der Waals surface area contributed by atoms with Crippen molar-refractivity contribution in [3.05, 3.63) is 0 Å². The summed E-state index contributed by atoms with van der Waals surface area (Å²) in [5.41, 5.74) is 4.97. The highest BCUT2D eigenvalue weighted by atomic mass is 16.4. The van der Waals surface area contributed by atoms with Crippen molar-refractivity contribution in [2.45, 2.75) is 45.2 Å². The Morgan fingerprint density at radius 3 is 2.32 bits per heavy atom. The van der Waals surface area contributed by atoms with Gasteiger partial charge in [0.1, 0.15) is 6.04 Å². The van der Waals surface area contributed by atoms with E-state index in [4.69, 9.17) is 10.8 Å². The molecule has 1 rings (SSSR count). The standard InChI is InChI=1S/C12H21N3O4/c1-7(2)6-15(8-3-4-8)12(19)14-9(11(17)18)5-10(13)16/h7-9H,3-6H2,1-2H3,(H2,13,16)(H,14,19)(H,17,18)/t9-/m1/s1. The van der Waals surface area contributed by atoms with E-state index in [2.05, 4.69) is 5.32 Å². The molecule has 0 aliphatic heterocycles. The van der Waals surface area contributed by atoms with E-state index < -0.39 is 30.4 Å². The number of aliphatic carboxylic acids is 1. The van der Waals surface area contributed by atoms with Gasteiger partial charge in [-0.1, -0.05) is 13.8 Å². The van der Waals surface area contributed by atoms with Crippen LogP contribution in [-0.4, -0.2) is 46.5 Å². The molecule has 1 aliphatic rings. The molecule has 0 aromatic rings. The van der Waals surface area contributed by atoms with Gasteiger partial charge in [0.05, 0.1) is 6.42 Å². The molecule has 7 heteroatoms. The SMILES string of the molecule is CC(C)CN(C(=O)N[C@H](CC(N)=O)C(=O)O)C1CC1. The Morgan fingerprint density at radius 1 is 1.37 bits per heavy atom. The van der Waals surface area contributed by atoms with Crippen molar-refractivity contribution in [1.29, 1.82) is 0 Å². The number of carbonyl (C=O) groups is 3. The summed E-state index contributed by atoms with van der Waals surface area (Å²) in [6.07, 6.45) is 1.47. The molecule has 0 bridgehead atoms. The van der Waals surface area contributed by atoms with Gasteiger partial charge in [0, 0.05) is 12.6 Å². The van der Waals surface area contributed by atoms with Gasteiger partial charge in [-0.2, -0.15) is 0 Å². The van der Waals surface area contributed by atoms with Gasteiger partial charge >= 0.3 is 12.0 Å². The third-order valence-electron chi connectivity index (χ3n) is 2.81. The van der Waals surface area contributed by atoms with Crippen LogP contribution in [0.1, 0.15) is 33.1 Å². The molecule has 19 heavy (non-hydrogen) atoms. The first-order valence-corrected chi connectivity index (χ1v) is 6.39. The highest BCUT2D eigenvalue weighted by Gasteiger charge is 2.34. The molecular weight excluding hydrogens is 250 g/mol. The number of nitrogens with one attached hydrogen (secondary N) is 1. The van der Waals surface area contributed by atoms with Gasteiger partial charge in [-0.05, 0) is 18.8 Å². The number of nitrogens with two attached hydrogens (primary N) is 1. The summed E-state index contributed by atoms with van der Waals surface area (Å²) in [6, 6.07) is -1.52. The molecule has 0 aromatic heterocycles. The average Bonchev–Trinajstić information content (AvgIpc) is 3.07. The smallest absolute Gasteiger partial charge is 0.326 e. The van der Waals surface area contributed by atoms with Crippen LogP contribution in [-0.2, 0) is 9.59 Å². The molecule has 1 saturated carbocycles. The lowest BCUT2D eigenvalue weighted by molar-refractivity contribution is -0.141. The fraction of sp³-hybridized carbons (Fsp3) is 0.750. The van der Waals surface area contributed by atoms with Gasteiger partial charge in [0.15, 0.2) is 0 Å². The van der Waals surface area contributed by atoms with Gasteiger partial charge in [0.25, 0.3) is 0 Å². The summed E-state index contributed by atoms with van der Waals surface area (Å²) in [7, 11) is 0. The Bertz CT molecular complexity index is 366. The molecule has 1 fully saturated rings. The van der Waals surface area contributed by atoms with E-state index in [0.29, 0.717) is 12.5 Å². The summed E-state index contributed by atoms with van der Waals surface area (Å²) in [6.45, 7) is 4.54. The normalized spacial score (nSPS) is 15.9. The van der Waals surface area contributed by atoms with Crippen LogP contribution >= 0.6 is 0 Å². The highest BCUT2D eigenvalue weighted by molar-refractivity contribution is 5.87. The van der Waals surface area contributed by atoms with Crippen molar-refractivity contribution in [2.75, 3.05) is 6.54 Å². The lowest BCUT2D eigenvalue weighted by atomic mass is 10.2. The maximum atomic E-state index is 12.1. The minimum Gasteiger partial charge on any atom is -0.480 e. The molecule has 1 aliphatic carbocycles. The maximum Gasteiger partial charge on any atom is 0.326 e. The van der Waals surface area contributed by atoms with Crippen LogP contribution in [0.4, 0.5) is 4.79 Å². The first-order valence-electron chi connectivity index (χ1n) is 6.39. The summed E-state index contributed by atoms with van der Waals surface area (Å²) >= 11 is 0. The number of primary amides is 1. The van der Waals surface area contributed by atoms with Crippen LogP contribution in [0.5, 0.6) is 0 Å². The van der Waals surface area contributed by atoms with Crippen molar-refractivity contribution in [1.82, 2.24) is 10.2 Å². The van der Waals surface area contributed by atoms with Crippen LogP contribution in [0.25, 0.3) is 0 Å². The first-order chi connectivity index (χ1) is 8.81. The predicted octanol–water partition coefficient (Wildman–Crippen LogP) is 0.145. The second kappa shape index (κ2) is 6.40. The van der Waals surface area contributed by atoms with E-state index >= 15 is 0 Å². The van der Waals surface area contributed by atoms with Crippen LogP contribution in [0.3, 0.4) is 0 Å². The minimum absolute atomic E-state index is 0.186. The van der Waals surface area contributed by atoms with E-state index in [1.165, 1.54) is 0 Å². The zero-order valence-corrected chi connectivity index (χ0v) is 11.3. The second-order valence-corrected chi connectivity index (χ2v) is 5.29. The number of carboxylic acids is 1. The average molecular weight is 271 g/mol. The Morgan fingerprint density at radius 2 is 1.95 bits per heavy atom. The van der Waals surface area contributed by atoms with Crippen LogP contribution in [0.2, 0.25) is 0 Å². The van der Waals surface area contributed by atoms with Gasteiger partial charge in [-0.15, -0.1) is 0 Å². The number of rotatable bonds is 7. The van der Waals surface area contributed by atoms with E-state index in [1.54, 1.807) is 4.90 Å². The third-order valence-corrected chi connectivity index (χ3v) is 2.81. The highest BCUT2D eigenvalue weighted by Crippen LogP contribution is 2.27. The van der Waals surface area contributed by atoms with E-state index in [1.807, 2.05) is 13.8 Å². The Kier molecular flexibility index (Phi) is 5.14. The molecule has 3 amide bonds. The van der Waals surface area contributed by atoms with Crippen molar-refractivity contribution in [3.63, 3.8) is 0 Å².